The average Bonchev–Trinajstić information content (AvgIpc) is 2.67. The van der Waals surface area contributed by atoms with Crippen molar-refractivity contribution in [3.05, 3.63) is 33.6 Å². The maximum Gasteiger partial charge on any atom is 0.262 e. The first kappa shape index (κ1) is 22.2. The largest absolute Gasteiger partial charge is 0.352 e. The fourth-order valence-electron chi connectivity index (χ4n) is 3.78. The van der Waals surface area contributed by atoms with Gasteiger partial charge >= 0.3 is 0 Å². The average molecular weight is 436 g/mol. The van der Waals surface area contributed by atoms with E-state index in [1.807, 2.05) is 0 Å². The van der Waals surface area contributed by atoms with E-state index in [4.69, 9.17) is 11.6 Å². The van der Waals surface area contributed by atoms with Crippen molar-refractivity contribution >= 4 is 40.2 Å². The Morgan fingerprint density at radius 1 is 1.34 bits per heavy atom. The normalized spacial score (nSPS) is 19.6. The van der Waals surface area contributed by atoms with Gasteiger partial charge < -0.3 is 5.32 Å². The second-order valence-corrected chi connectivity index (χ2v) is 9.80. The smallest absolute Gasteiger partial charge is 0.262 e. The summed E-state index contributed by atoms with van der Waals surface area (Å²) < 4.78 is 1.71. The van der Waals surface area contributed by atoms with Crippen LogP contribution in [0.25, 0.3) is 10.9 Å². The minimum Gasteiger partial charge on any atom is -0.352 e. The highest BCUT2D eigenvalue weighted by Crippen LogP contribution is 2.25. The molecule has 3 rings (SSSR count). The summed E-state index contributed by atoms with van der Waals surface area (Å²) in [6, 6.07) is 5.40. The van der Waals surface area contributed by atoms with Crippen molar-refractivity contribution < 1.29 is 4.79 Å². The molecule has 1 heterocycles. The van der Waals surface area contributed by atoms with E-state index in [1.165, 1.54) is 31.0 Å². The van der Waals surface area contributed by atoms with E-state index in [-0.39, 0.29) is 23.3 Å². The predicted molar refractivity (Wildman–Crippen MR) is 121 cm³/mol. The fraction of sp³-hybridized carbons (Fsp3) is 0.591. The first-order chi connectivity index (χ1) is 13.8. The lowest BCUT2D eigenvalue weighted by molar-refractivity contribution is -0.119. The number of nitrogens with one attached hydrogen (secondary N) is 1. The molecule has 0 spiro atoms. The third kappa shape index (κ3) is 5.76. The molecule has 2 aromatic rings. The number of fused-ring (bicyclic) bond motifs is 1. The Kier molecular flexibility index (Phi) is 7.63. The minimum absolute atomic E-state index is 0.00426. The predicted octanol–water partition coefficient (Wildman–Crippen LogP) is 4.88. The molecule has 1 aromatic heterocycles. The Labute approximate surface area is 181 Å². The van der Waals surface area contributed by atoms with Crippen LogP contribution in [0.3, 0.4) is 0 Å². The van der Waals surface area contributed by atoms with Gasteiger partial charge in [-0.15, -0.1) is 0 Å². The number of halogens is 1. The van der Waals surface area contributed by atoms with Crippen molar-refractivity contribution in [2.24, 2.45) is 11.8 Å². The molecular formula is C22H30ClN3O2S. The van der Waals surface area contributed by atoms with Crippen LogP contribution < -0.4 is 10.9 Å². The summed E-state index contributed by atoms with van der Waals surface area (Å²) in [6.45, 7) is 7.05. The van der Waals surface area contributed by atoms with E-state index >= 15 is 0 Å². The van der Waals surface area contributed by atoms with Gasteiger partial charge in [-0.2, -0.15) is 0 Å². The number of nitrogens with zero attached hydrogens (tertiary/aromatic N) is 2. The molecule has 0 radical (unpaired) electrons. The van der Waals surface area contributed by atoms with Crippen molar-refractivity contribution in [1.29, 1.82) is 0 Å². The van der Waals surface area contributed by atoms with Crippen LogP contribution in [0.5, 0.6) is 0 Å². The lowest BCUT2D eigenvalue weighted by Crippen LogP contribution is -2.42. The van der Waals surface area contributed by atoms with Crippen LogP contribution in [0.15, 0.2) is 28.2 Å². The molecule has 1 aromatic carbocycles. The molecule has 1 N–H and O–H groups in total. The van der Waals surface area contributed by atoms with Gasteiger partial charge in [0.05, 0.1) is 16.7 Å². The molecule has 1 amide bonds. The van der Waals surface area contributed by atoms with Gasteiger partial charge in [-0.05, 0) is 49.3 Å². The van der Waals surface area contributed by atoms with Gasteiger partial charge in [0.15, 0.2) is 5.16 Å². The molecule has 0 aliphatic heterocycles. The van der Waals surface area contributed by atoms with Crippen molar-refractivity contribution in [3.8, 4) is 0 Å². The number of hydrogen-bond acceptors (Lipinski definition) is 4. The summed E-state index contributed by atoms with van der Waals surface area (Å²) >= 11 is 7.42. The molecular weight excluding hydrogens is 406 g/mol. The number of thioether (sulfide) groups is 1. The molecule has 1 fully saturated rings. The molecule has 158 valence electrons. The van der Waals surface area contributed by atoms with Crippen molar-refractivity contribution in [2.45, 2.75) is 70.6 Å². The highest BCUT2D eigenvalue weighted by atomic mass is 35.5. The molecule has 1 aliphatic carbocycles. The summed E-state index contributed by atoms with van der Waals surface area (Å²) in [5.74, 6) is 1.24. The van der Waals surface area contributed by atoms with Crippen LogP contribution in [0.1, 0.15) is 52.9 Å². The summed E-state index contributed by atoms with van der Waals surface area (Å²) in [7, 11) is 0. The fourth-order valence-corrected chi connectivity index (χ4v) is 4.78. The Bertz CT molecular complexity index is 928. The zero-order chi connectivity index (χ0) is 21.0. The van der Waals surface area contributed by atoms with Gasteiger partial charge in [-0.25, -0.2) is 4.98 Å². The zero-order valence-electron chi connectivity index (χ0n) is 17.4. The van der Waals surface area contributed by atoms with E-state index in [2.05, 4.69) is 31.1 Å². The van der Waals surface area contributed by atoms with Crippen LogP contribution in [0, 0.1) is 11.8 Å². The number of carbonyl (C=O) groups excluding carboxylic acids is 1. The standard InChI is InChI=1S/C22H30ClN3O2S/c1-14(2)10-11-26-21(28)17-9-8-16(23)12-19(17)25-22(26)29-13-20(27)24-18-7-5-4-6-15(18)3/h8-9,12,14-15,18H,4-7,10-11,13H2,1-3H3,(H,24,27). The molecule has 0 bridgehead atoms. The molecule has 1 aliphatic rings. The maximum atomic E-state index is 13.0. The number of rotatable bonds is 7. The lowest BCUT2D eigenvalue weighted by Gasteiger charge is -2.29. The quantitative estimate of drug-likeness (QED) is 0.497. The second kappa shape index (κ2) is 9.98. The molecule has 29 heavy (non-hydrogen) atoms. The van der Waals surface area contributed by atoms with E-state index in [9.17, 15) is 9.59 Å². The molecule has 5 nitrogen and oxygen atoms in total. The van der Waals surface area contributed by atoms with Gasteiger partial charge in [0.1, 0.15) is 0 Å². The molecule has 7 heteroatoms. The van der Waals surface area contributed by atoms with Crippen molar-refractivity contribution in [1.82, 2.24) is 14.9 Å². The number of benzene rings is 1. The SMILES string of the molecule is CC(C)CCn1c(SCC(=O)NC2CCCCC2C)nc2cc(Cl)ccc2c1=O. The summed E-state index contributed by atoms with van der Waals surface area (Å²) in [4.78, 5) is 30.3. The second-order valence-electron chi connectivity index (χ2n) is 8.42. The van der Waals surface area contributed by atoms with E-state index in [0.717, 1.165) is 12.8 Å². The summed E-state index contributed by atoms with van der Waals surface area (Å²) in [5, 5.41) is 4.86. The van der Waals surface area contributed by atoms with Crippen molar-refractivity contribution in [2.75, 3.05) is 5.75 Å². The summed E-state index contributed by atoms with van der Waals surface area (Å²) in [6.07, 6.45) is 5.50. The van der Waals surface area contributed by atoms with Gasteiger partial charge in [0.25, 0.3) is 5.56 Å². The zero-order valence-corrected chi connectivity index (χ0v) is 19.0. The Morgan fingerprint density at radius 3 is 2.83 bits per heavy atom. The first-order valence-corrected chi connectivity index (χ1v) is 11.8. The van der Waals surface area contributed by atoms with Crippen LogP contribution in [0.4, 0.5) is 0 Å². The van der Waals surface area contributed by atoms with Crippen LogP contribution in [0.2, 0.25) is 5.02 Å². The highest BCUT2D eigenvalue weighted by Gasteiger charge is 2.23. The van der Waals surface area contributed by atoms with Gasteiger partial charge in [-0.3, -0.25) is 14.2 Å². The Morgan fingerprint density at radius 2 is 2.10 bits per heavy atom. The number of aromatic nitrogens is 2. The molecule has 2 unspecified atom stereocenters. The van der Waals surface area contributed by atoms with E-state index in [0.29, 0.717) is 39.5 Å². The van der Waals surface area contributed by atoms with E-state index in [1.54, 1.807) is 22.8 Å². The summed E-state index contributed by atoms with van der Waals surface area (Å²) in [5.41, 5.74) is 0.503. The van der Waals surface area contributed by atoms with Crippen molar-refractivity contribution in [3.63, 3.8) is 0 Å². The van der Waals surface area contributed by atoms with Crippen LogP contribution >= 0.6 is 23.4 Å². The first-order valence-electron chi connectivity index (χ1n) is 10.5. The molecule has 1 saturated carbocycles. The van der Waals surface area contributed by atoms with Crippen LogP contribution in [-0.4, -0.2) is 27.3 Å². The Balaban J connectivity index is 1.79. The number of carbonyl (C=O) groups is 1. The third-order valence-corrected chi connectivity index (χ3v) is 6.81. The van der Waals surface area contributed by atoms with Crippen LogP contribution in [-0.2, 0) is 11.3 Å². The molecule has 0 saturated heterocycles. The number of hydrogen-bond donors (Lipinski definition) is 1. The minimum atomic E-state index is -0.0730. The van der Waals surface area contributed by atoms with E-state index < -0.39 is 0 Å². The van der Waals surface area contributed by atoms with Gasteiger partial charge in [0, 0.05) is 17.6 Å². The topological polar surface area (TPSA) is 64.0 Å². The lowest BCUT2D eigenvalue weighted by atomic mass is 9.86. The number of amides is 1. The maximum absolute atomic E-state index is 13.0. The van der Waals surface area contributed by atoms with Gasteiger partial charge in [-0.1, -0.05) is 57.0 Å². The Hall–Kier alpha value is -1.53. The van der Waals surface area contributed by atoms with Gasteiger partial charge in [0.2, 0.25) is 5.91 Å². The third-order valence-electron chi connectivity index (χ3n) is 5.60. The highest BCUT2D eigenvalue weighted by molar-refractivity contribution is 7.99. The molecule has 2 atom stereocenters. The monoisotopic (exact) mass is 435 g/mol.